The third-order valence-corrected chi connectivity index (χ3v) is 2.28. The van der Waals surface area contributed by atoms with Crippen molar-refractivity contribution in [2.45, 2.75) is 20.3 Å². The first-order valence-corrected chi connectivity index (χ1v) is 4.97. The summed E-state index contributed by atoms with van der Waals surface area (Å²) in [4.78, 5) is 0. The average molecular weight is 197 g/mol. The monoisotopic (exact) mass is 197 g/mol. The summed E-state index contributed by atoms with van der Waals surface area (Å²) < 4.78 is 7.09. The third-order valence-electron chi connectivity index (χ3n) is 2.28. The third kappa shape index (κ3) is 2.26. The molecule has 0 aromatic carbocycles. The SMILES string of the molecule is CCNCCc1c(C)nn(C)c1OC. The van der Waals surface area contributed by atoms with Crippen LogP contribution in [0.5, 0.6) is 5.88 Å². The first-order valence-electron chi connectivity index (χ1n) is 4.97. The number of hydrogen-bond donors (Lipinski definition) is 1. The predicted molar refractivity (Wildman–Crippen MR) is 56.7 cm³/mol. The Labute approximate surface area is 85.3 Å². The second-order valence-electron chi connectivity index (χ2n) is 3.30. The van der Waals surface area contributed by atoms with E-state index in [1.165, 1.54) is 5.56 Å². The van der Waals surface area contributed by atoms with Gasteiger partial charge in [0.25, 0.3) is 0 Å². The van der Waals surface area contributed by atoms with E-state index in [2.05, 4.69) is 17.3 Å². The Hall–Kier alpha value is -1.03. The van der Waals surface area contributed by atoms with Crippen molar-refractivity contribution in [1.82, 2.24) is 15.1 Å². The molecule has 1 N–H and O–H groups in total. The van der Waals surface area contributed by atoms with E-state index in [1.807, 2.05) is 14.0 Å². The average Bonchev–Trinajstić information content (AvgIpc) is 2.42. The summed E-state index contributed by atoms with van der Waals surface area (Å²) in [5.74, 6) is 0.875. The topological polar surface area (TPSA) is 39.1 Å². The van der Waals surface area contributed by atoms with Gasteiger partial charge in [0.1, 0.15) is 0 Å². The lowest BCUT2D eigenvalue weighted by atomic mass is 10.2. The minimum Gasteiger partial charge on any atom is -0.481 e. The maximum atomic E-state index is 5.30. The molecule has 0 saturated carbocycles. The Balaban J connectivity index is 2.73. The molecule has 1 heterocycles. The molecule has 1 aromatic heterocycles. The zero-order valence-electron chi connectivity index (χ0n) is 9.42. The van der Waals surface area contributed by atoms with Crippen molar-refractivity contribution >= 4 is 0 Å². The molecule has 0 aliphatic rings. The highest BCUT2D eigenvalue weighted by Crippen LogP contribution is 2.20. The van der Waals surface area contributed by atoms with E-state index in [4.69, 9.17) is 4.74 Å². The molecule has 0 atom stereocenters. The number of likely N-dealkylation sites (N-methyl/N-ethyl adjacent to an activating group) is 1. The van der Waals surface area contributed by atoms with Crippen LogP contribution in [0.1, 0.15) is 18.2 Å². The molecular formula is C10H19N3O. The number of nitrogens with one attached hydrogen (secondary N) is 1. The van der Waals surface area contributed by atoms with E-state index < -0.39 is 0 Å². The van der Waals surface area contributed by atoms with Crippen LogP contribution in [0.15, 0.2) is 0 Å². The minimum absolute atomic E-state index is 0.875. The van der Waals surface area contributed by atoms with Gasteiger partial charge in [-0.05, 0) is 26.4 Å². The number of rotatable bonds is 5. The van der Waals surface area contributed by atoms with E-state index in [0.29, 0.717) is 0 Å². The maximum Gasteiger partial charge on any atom is 0.214 e. The maximum absolute atomic E-state index is 5.30. The van der Waals surface area contributed by atoms with Crippen LogP contribution >= 0.6 is 0 Å². The van der Waals surface area contributed by atoms with E-state index in [9.17, 15) is 0 Å². The first-order chi connectivity index (χ1) is 6.70. The van der Waals surface area contributed by atoms with E-state index in [0.717, 1.165) is 31.1 Å². The Morgan fingerprint density at radius 3 is 2.79 bits per heavy atom. The lowest BCUT2D eigenvalue weighted by Gasteiger charge is -2.04. The van der Waals surface area contributed by atoms with Crippen LogP contribution in [0.2, 0.25) is 0 Å². The normalized spacial score (nSPS) is 10.6. The van der Waals surface area contributed by atoms with Crippen LogP contribution in [-0.4, -0.2) is 30.0 Å². The highest BCUT2D eigenvalue weighted by Gasteiger charge is 2.12. The van der Waals surface area contributed by atoms with Crippen LogP contribution in [0.4, 0.5) is 0 Å². The zero-order chi connectivity index (χ0) is 10.6. The van der Waals surface area contributed by atoms with Crippen LogP contribution in [0, 0.1) is 6.92 Å². The molecule has 0 fully saturated rings. The van der Waals surface area contributed by atoms with Gasteiger partial charge in [-0.1, -0.05) is 6.92 Å². The highest BCUT2D eigenvalue weighted by molar-refractivity contribution is 5.31. The predicted octanol–water partition coefficient (Wildman–Crippen LogP) is 0.889. The second-order valence-corrected chi connectivity index (χ2v) is 3.30. The molecule has 1 rings (SSSR count). The van der Waals surface area contributed by atoms with Crippen molar-refractivity contribution in [3.05, 3.63) is 11.3 Å². The van der Waals surface area contributed by atoms with Gasteiger partial charge >= 0.3 is 0 Å². The van der Waals surface area contributed by atoms with Crippen molar-refractivity contribution in [1.29, 1.82) is 0 Å². The van der Waals surface area contributed by atoms with Crippen molar-refractivity contribution in [2.24, 2.45) is 7.05 Å². The molecule has 14 heavy (non-hydrogen) atoms. The Kier molecular flexibility index (Phi) is 3.95. The fourth-order valence-corrected chi connectivity index (χ4v) is 1.61. The van der Waals surface area contributed by atoms with Crippen LogP contribution in [0.25, 0.3) is 0 Å². The van der Waals surface area contributed by atoms with Crippen LogP contribution < -0.4 is 10.1 Å². The van der Waals surface area contributed by atoms with Gasteiger partial charge in [-0.15, -0.1) is 0 Å². The molecule has 4 heteroatoms. The molecule has 0 saturated heterocycles. The first kappa shape index (κ1) is 11.0. The number of aromatic nitrogens is 2. The van der Waals surface area contributed by atoms with E-state index in [1.54, 1.807) is 11.8 Å². The molecular weight excluding hydrogens is 178 g/mol. The lowest BCUT2D eigenvalue weighted by Crippen LogP contribution is -2.16. The Bertz CT molecular complexity index is 294. The van der Waals surface area contributed by atoms with Crippen molar-refractivity contribution in [3.63, 3.8) is 0 Å². The number of nitrogens with zero attached hydrogens (tertiary/aromatic N) is 2. The van der Waals surface area contributed by atoms with Crippen LogP contribution in [-0.2, 0) is 13.5 Å². The molecule has 0 aliphatic heterocycles. The molecule has 80 valence electrons. The summed E-state index contributed by atoms with van der Waals surface area (Å²) in [6.07, 6.45) is 0.969. The summed E-state index contributed by atoms with van der Waals surface area (Å²) in [7, 11) is 3.59. The fraction of sp³-hybridized carbons (Fsp3) is 0.700. The summed E-state index contributed by atoms with van der Waals surface area (Å²) >= 11 is 0. The Morgan fingerprint density at radius 1 is 1.50 bits per heavy atom. The van der Waals surface area contributed by atoms with Gasteiger partial charge in [0, 0.05) is 12.6 Å². The number of ether oxygens (including phenoxy) is 1. The highest BCUT2D eigenvalue weighted by atomic mass is 16.5. The second kappa shape index (κ2) is 5.00. The number of methoxy groups -OCH3 is 1. The van der Waals surface area contributed by atoms with Gasteiger partial charge in [-0.3, -0.25) is 0 Å². The Morgan fingerprint density at radius 2 is 2.21 bits per heavy atom. The molecule has 4 nitrogen and oxygen atoms in total. The quantitative estimate of drug-likeness (QED) is 0.712. The molecule has 0 radical (unpaired) electrons. The summed E-state index contributed by atoms with van der Waals surface area (Å²) in [6.45, 7) is 6.10. The summed E-state index contributed by atoms with van der Waals surface area (Å²) in [6, 6.07) is 0. The summed E-state index contributed by atoms with van der Waals surface area (Å²) in [5.41, 5.74) is 2.26. The molecule has 1 aromatic rings. The van der Waals surface area contributed by atoms with Gasteiger partial charge < -0.3 is 10.1 Å². The number of aryl methyl sites for hydroxylation is 2. The van der Waals surface area contributed by atoms with Crippen molar-refractivity contribution in [2.75, 3.05) is 20.2 Å². The fourth-order valence-electron chi connectivity index (χ4n) is 1.61. The van der Waals surface area contributed by atoms with Gasteiger partial charge in [-0.2, -0.15) is 5.10 Å². The van der Waals surface area contributed by atoms with Gasteiger partial charge in [0.15, 0.2) is 0 Å². The summed E-state index contributed by atoms with van der Waals surface area (Å²) in [5, 5.41) is 7.62. The van der Waals surface area contributed by atoms with E-state index in [-0.39, 0.29) is 0 Å². The molecule has 0 bridgehead atoms. The molecule has 0 amide bonds. The molecule has 0 aliphatic carbocycles. The standard InChI is InChI=1S/C10H19N3O/c1-5-11-7-6-9-8(2)12-13(3)10(9)14-4/h11H,5-7H2,1-4H3. The van der Waals surface area contributed by atoms with Crippen molar-refractivity contribution < 1.29 is 4.74 Å². The molecule has 0 unspecified atom stereocenters. The van der Waals surface area contributed by atoms with Gasteiger partial charge in [0.05, 0.1) is 12.8 Å². The van der Waals surface area contributed by atoms with Gasteiger partial charge in [0.2, 0.25) is 5.88 Å². The zero-order valence-corrected chi connectivity index (χ0v) is 9.42. The van der Waals surface area contributed by atoms with E-state index >= 15 is 0 Å². The molecule has 0 spiro atoms. The van der Waals surface area contributed by atoms with Crippen LogP contribution in [0.3, 0.4) is 0 Å². The van der Waals surface area contributed by atoms with Crippen molar-refractivity contribution in [3.8, 4) is 5.88 Å². The smallest absolute Gasteiger partial charge is 0.214 e. The number of hydrogen-bond acceptors (Lipinski definition) is 3. The lowest BCUT2D eigenvalue weighted by molar-refractivity contribution is 0.369. The minimum atomic E-state index is 0.875. The van der Waals surface area contributed by atoms with Gasteiger partial charge in [-0.25, -0.2) is 4.68 Å². The largest absolute Gasteiger partial charge is 0.481 e.